The number of aryl methyl sites for hydroxylation is 2. The van der Waals surface area contributed by atoms with Gasteiger partial charge >= 0.3 is 0 Å². The summed E-state index contributed by atoms with van der Waals surface area (Å²) in [4.78, 5) is 13.6. The summed E-state index contributed by atoms with van der Waals surface area (Å²) in [5.41, 5.74) is 3.57. The molecule has 4 rings (SSSR count). The predicted octanol–water partition coefficient (Wildman–Crippen LogP) is 4.13. The molecule has 2 aromatic carbocycles. The van der Waals surface area contributed by atoms with Crippen molar-refractivity contribution in [2.75, 3.05) is 12.9 Å². The second-order valence-corrected chi connectivity index (χ2v) is 8.96. The Morgan fingerprint density at radius 1 is 1.00 bits per heavy atom. The topological polar surface area (TPSA) is 66.1 Å². The number of fused-ring (bicyclic) bond motifs is 1. The predicted molar refractivity (Wildman–Crippen MR) is 125 cm³/mol. The average Bonchev–Trinajstić information content (AvgIpc) is 3.20. The maximum Gasteiger partial charge on any atom is 0.258 e. The SMILES string of the molecule is CCCOc1ccc(S(C)=O)cc1-c1cn(C)c(=O)c2ccc(-c3cnn(C)c3)cc12. The molecule has 31 heavy (non-hydrogen) atoms. The third-order valence-corrected chi connectivity index (χ3v) is 6.17. The van der Waals surface area contributed by atoms with Crippen molar-refractivity contribution >= 4 is 21.6 Å². The molecule has 6 nitrogen and oxygen atoms in total. The van der Waals surface area contributed by atoms with Crippen LogP contribution in [0, 0.1) is 0 Å². The Kier molecular flexibility index (Phi) is 5.78. The molecule has 0 aliphatic heterocycles. The quantitative estimate of drug-likeness (QED) is 0.457. The lowest BCUT2D eigenvalue weighted by Gasteiger charge is -2.16. The number of hydrogen-bond donors (Lipinski definition) is 0. The molecule has 0 saturated carbocycles. The summed E-state index contributed by atoms with van der Waals surface area (Å²) in [6, 6.07) is 11.4. The Balaban J connectivity index is 2.02. The van der Waals surface area contributed by atoms with Crippen molar-refractivity contribution in [2.24, 2.45) is 14.1 Å². The van der Waals surface area contributed by atoms with E-state index in [1.54, 1.807) is 28.7 Å². The van der Waals surface area contributed by atoms with Gasteiger partial charge in [-0.25, -0.2) is 0 Å². The lowest BCUT2D eigenvalue weighted by Crippen LogP contribution is -2.16. The summed E-state index contributed by atoms with van der Waals surface area (Å²) in [7, 11) is 2.48. The molecule has 0 amide bonds. The molecule has 0 bridgehead atoms. The normalized spacial score (nSPS) is 12.3. The molecule has 1 unspecified atom stereocenters. The highest BCUT2D eigenvalue weighted by Gasteiger charge is 2.16. The summed E-state index contributed by atoms with van der Waals surface area (Å²) >= 11 is 0. The van der Waals surface area contributed by atoms with Crippen LogP contribution in [-0.4, -0.2) is 31.4 Å². The first-order chi connectivity index (χ1) is 14.9. The minimum absolute atomic E-state index is 0.0669. The number of aromatic nitrogens is 3. The molecule has 0 aliphatic rings. The third kappa shape index (κ3) is 4.05. The largest absolute Gasteiger partial charge is 0.493 e. The summed E-state index contributed by atoms with van der Waals surface area (Å²) in [6.07, 6.45) is 8.11. The van der Waals surface area contributed by atoms with Gasteiger partial charge in [-0.05, 0) is 47.7 Å². The van der Waals surface area contributed by atoms with Crippen LogP contribution >= 0.6 is 0 Å². The van der Waals surface area contributed by atoms with Gasteiger partial charge in [-0.1, -0.05) is 13.0 Å². The summed E-state index contributed by atoms with van der Waals surface area (Å²) < 4.78 is 21.5. The fourth-order valence-electron chi connectivity index (χ4n) is 3.67. The maximum atomic E-state index is 12.9. The molecule has 0 radical (unpaired) electrons. The van der Waals surface area contributed by atoms with Gasteiger partial charge in [0.1, 0.15) is 5.75 Å². The molecule has 2 heterocycles. The highest BCUT2D eigenvalue weighted by molar-refractivity contribution is 7.84. The van der Waals surface area contributed by atoms with Crippen molar-refractivity contribution < 1.29 is 8.95 Å². The van der Waals surface area contributed by atoms with Crippen LogP contribution in [0.3, 0.4) is 0 Å². The highest BCUT2D eigenvalue weighted by Crippen LogP contribution is 2.37. The number of nitrogens with zero attached hydrogens (tertiary/aromatic N) is 3. The Bertz CT molecular complexity index is 1350. The second-order valence-electron chi connectivity index (χ2n) is 7.58. The van der Waals surface area contributed by atoms with Crippen molar-refractivity contribution in [3.63, 3.8) is 0 Å². The number of ether oxygens (including phenoxy) is 1. The minimum atomic E-state index is -1.14. The monoisotopic (exact) mass is 435 g/mol. The molecule has 0 saturated heterocycles. The first kappa shape index (κ1) is 21.1. The smallest absolute Gasteiger partial charge is 0.258 e. The maximum absolute atomic E-state index is 12.9. The number of benzene rings is 2. The van der Waals surface area contributed by atoms with Gasteiger partial charge in [0.2, 0.25) is 0 Å². The molecule has 2 aromatic heterocycles. The lowest BCUT2D eigenvalue weighted by molar-refractivity contribution is 0.318. The first-order valence-electron chi connectivity index (χ1n) is 10.1. The van der Waals surface area contributed by atoms with Crippen molar-refractivity contribution in [3.8, 4) is 28.0 Å². The summed E-state index contributed by atoms with van der Waals surface area (Å²) in [6.45, 7) is 2.63. The van der Waals surface area contributed by atoms with Gasteiger partial charge in [0, 0.05) is 70.5 Å². The first-order valence-corrected chi connectivity index (χ1v) is 11.7. The molecule has 4 aromatic rings. The fourth-order valence-corrected chi connectivity index (χ4v) is 4.21. The van der Waals surface area contributed by atoms with E-state index in [1.165, 1.54) is 0 Å². The van der Waals surface area contributed by atoms with Gasteiger partial charge in [0.15, 0.2) is 0 Å². The van der Waals surface area contributed by atoms with E-state index in [2.05, 4.69) is 12.0 Å². The Morgan fingerprint density at radius 2 is 1.81 bits per heavy atom. The van der Waals surface area contributed by atoms with Gasteiger partial charge in [-0.2, -0.15) is 5.10 Å². The molecular weight excluding hydrogens is 410 g/mol. The summed E-state index contributed by atoms with van der Waals surface area (Å²) in [5.74, 6) is 0.711. The van der Waals surface area contributed by atoms with Crippen LogP contribution in [0.4, 0.5) is 0 Å². The van der Waals surface area contributed by atoms with E-state index in [0.717, 1.165) is 34.1 Å². The van der Waals surface area contributed by atoms with Crippen LogP contribution in [0.5, 0.6) is 5.75 Å². The van der Waals surface area contributed by atoms with E-state index < -0.39 is 10.8 Å². The van der Waals surface area contributed by atoms with E-state index in [4.69, 9.17) is 4.74 Å². The minimum Gasteiger partial charge on any atom is -0.493 e. The third-order valence-electron chi connectivity index (χ3n) is 5.26. The molecule has 160 valence electrons. The standard InChI is InChI=1S/C24H25N3O3S/c1-5-10-30-23-9-7-18(31(4)29)12-21(23)22-15-26(2)24(28)19-8-6-16(11-20(19)22)17-13-25-27(3)14-17/h6-9,11-15H,5,10H2,1-4H3. The van der Waals surface area contributed by atoms with Crippen molar-refractivity contribution in [1.82, 2.24) is 14.3 Å². The lowest BCUT2D eigenvalue weighted by atomic mass is 9.97. The van der Waals surface area contributed by atoms with Crippen LogP contribution in [0.2, 0.25) is 0 Å². The van der Waals surface area contributed by atoms with E-state index in [0.29, 0.717) is 22.6 Å². The van der Waals surface area contributed by atoms with Crippen molar-refractivity contribution in [3.05, 3.63) is 65.3 Å². The fraction of sp³-hybridized carbons (Fsp3) is 0.250. The summed E-state index contributed by atoms with van der Waals surface area (Å²) in [5, 5.41) is 5.71. The van der Waals surface area contributed by atoms with Crippen LogP contribution < -0.4 is 10.3 Å². The van der Waals surface area contributed by atoms with Crippen molar-refractivity contribution in [2.45, 2.75) is 18.2 Å². The van der Waals surface area contributed by atoms with Crippen LogP contribution in [0.1, 0.15) is 13.3 Å². The molecule has 1 atom stereocenters. The van der Waals surface area contributed by atoms with E-state index in [1.807, 2.05) is 55.8 Å². The van der Waals surface area contributed by atoms with E-state index in [-0.39, 0.29) is 5.56 Å². The van der Waals surface area contributed by atoms with Crippen LogP contribution in [-0.2, 0) is 24.9 Å². The van der Waals surface area contributed by atoms with E-state index >= 15 is 0 Å². The zero-order chi connectivity index (χ0) is 22.1. The molecule has 0 spiro atoms. The Labute approximate surface area is 183 Å². The van der Waals surface area contributed by atoms with Gasteiger partial charge in [-0.3, -0.25) is 13.7 Å². The molecule has 7 heteroatoms. The molecule has 0 fully saturated rings. The van der Waals surface area contributed by atoms with Crippen LogP contribution in [0.25, 0.3) is 33.0 Å². The van der Waals surface area contributed by atoms with E-state index in [9.17, 15) is 9.00 Å². The number of hydrogen-bond acceptors (Lipinski definition) is 4. The van der Waals surface area contributed by atoms with Gasteiger partial charge in [0.05, 0.1) is 12.8 Å². The highest BCUT2D eigenvalue weighted by atomic mass is 32.2. The van der Waals surface area contributed by atoms with Crippen LogP contribution in [0.15, 0.2) is 64.7 Å². The number of rotatable bonds is 6. The molecular formula is C24H25N3O3S. The van der Waals surface area contributed by atoms with Gasteiger partial charge in [0.25, 0.3) is 5.56 Å². The molecule has 0 N–H and O–H groups in total. The Hall–Kier alpha value is -3.19. The Morgan fingerprint density at radius 3 is 2.48 bits per heavy atom. The average molecular weight is 436 g/mol. The zero-order valence-corrected chi connectivity index (χ0v) is 18.9. The second kappa shape index (κ2) is 8.51. The van der Waals surface area contributed by atoms with Gasteiger partial charge in [-0.15, -0.1) is 0 Å². The van der Waals surface area contributed by atoms with Gasteiger partial charge < -0.3 is 9.30 Å². The zero-order valence-electron chi connectivity index (χ0n) is 18.1. The van der Waals surface area contributed by atoms with Crippen molar-refractivity contribution in [1.29, 1.82) is 0 Å². The molecule has 0 aliphatic carbocycles. The number of pyridine rings is 1.